The molecule has 1 aromatic carbocycles. The number of carbonyl (C=O) groups excluding carboxylic acids is 1. The molecule has 7 nitrogen and oxygen atoms in total. The minimum Gasteiger partial charge on any atom is -0.497 e. The number of hydrogen-bond donors (Lipinski definition) is 3. The number of H-pyrrole nitrogens is 2. The van der Waals surface area contributed by atoms with Gasteiger partial charge in [0.05, 0.1) is 30.3 Å². The highest BCUT2D eigenvalue weighted by Gasteiger charge is 2.18. The van der Waals surface area contributed by atoms with Crippen LogP contribution in [0.3, 0.4) is 0 Å². The molecule has 0 aliphatic heterocycles. The van der Waals surface area contributed by atoms with Crippen molar-refractivity contribution in [1.82, 2.24) is 25.7 Å². The molecule has 0 radical (unpaired) electrons. The molecule has 0 spiro atoms. The number of amides is 1. The first-order valence-electron chi connectivity index (χ1n) is 8.06. The Balaban J connectivity index is 1.73. The van der Waals surface area contributed by atoms with Crippen molar-refractivity contribution in [2.45, 2.75) is 26.3 Å². The Bertz CT molecular complexity index is 868. The monoisotopic (exact) mass is 339 g/mol. The second kappa shape index (κ2) is 7.21. The van der Waals surface area contributed by atoms with Crippen LogP contribution < -0.4 is 10.1 Å². The zero-order valence-electron chi connectivity index (χ0n) is 14.5. The number of rotatable bonds is 6. The van der Waals surface area contributed by atoms with E-state index < -0.39 is 0 Å². The highest BCUT2D eigenvalue weighted by atomic mass is 16.5. The van der Waals surface area contributed by atoms with Crippen molar-refractivity contribution < 1.29 is 9.53 Å². The second-order valence-electron chi connectivity index (χ2n) is 6.01. The first-order valence-corrected chi connectivity index (χ1v) is 8.06. The molecule has 0 bridgehead atoms. The molecule has 3 rings (SSSR count). The SMILES string of the molecule is COc1cccc(-c2[nH]ncc2C(=O)N[C@@H](C)Cc2cc(C)[nH]n2)c1. The number of nitrogens with one attached hydrogen (secondary N) is 3. The Kier molecular flexibility index (Phi) is 4.83. The number of hydrogen-bond acceptors (Lipinski definition) is 4. The molecule has 0 aliphatic rings. The van der Waals surface area contributed by atoms with Gasteiger partial charge in [0.1, 0.15) is 5.75 Å². The van der Waals surface area contributed by atoms with Crippen LogP contribution in [0.2, 0.25) is 0 Å². The quantitative estimate of drug-likeness (QED) is 0.643. The third kappa shape index (κ3) is 3.88. The molecular formula is C18H21N5O2. The molecule has 0 saturated carbocycles. The minimum atomic E-state index is -0.175. The molecule has 0 aliphatic carbocycles. The Morgan fingerprint density at radius 1 is 1.32 bits per heavy atom. The van der Waals surface area contributed by atoms with Crippen LogP contribution in [0.1, 0.15) is 28.7 Å². The first kappa shape index (κ1) is 16.8. The summed E-state index contributed by atoms with van der Waals surface area (Å²) in [5, 5.41) is 17.0. The highest BCUT2D eigenvalue weighted by molar-refractivity contribution is 5.99. The van der Waals surface area contributed by atoms with Gasteiger partial charge in [-0.1, -0.05) is 12.1 Å². The standard InChI is InChI=1S/C18H21N5O2/c1-11(7-14-8-12(2)21-22-14)20-18(24)16-10-19-23-17(16)13-5-4-6-15(9-13)25-3/h4-6,8-11H,7H2,1-3H3,(H,19,23)(H,20,24)(H,21,22)/t11-/m0/s1. The van der Waals surface area contributed by atoms with Crippen LogP contribution in [0.4, 0.5) is 0 Å². The van der Waals surface area contributed by atoms with Gasteiger partial charge in [0.25, 0.3) is 5.91 Å². The van der Waals surface area contributed by atoms with Gasteiger partial charge in [-0.25, -0.2) is 0 Å². The third-order valence-electron chi connectivity index (χ3n) is 3.89. The number of aryl methyl sites for hydroxylation is 1. The molecular weight excluding hydrogens is 318 g/mol. The number of aromatic nitrogens is 4. The van der Waals surface area contributed by atoms with E-state index in [1.807, 2.05) is 44.2 Å². The van der Waals surface area contributed by atoms with Crippen molar-refractivity contribution in [1.29, 1.82) is 0 Å². The molecule has 130 valence electrons. The normalized spacial score (nSPS) is 12.0. The van der Waals surface area contributed by atoms with E-state index in [-0.39, 0.29) is 11.9 Å². The molecule has 1 amide bonds. The molecule has 1 atom stereocenters. The number of carbonyl (C=O) groups is 1. The summed E-state index contributed by atoms with van der Waals surface area (Å²) < 4.78 is 5.24. The summed E-state index contributed by atoms with van der Waals surface area (Å²) in [6.07, 6.45) is 2.19. The largest absolute Gasteiger partial charge is 0.497 e. The summed E-state index contributed by atoms with van der Waals surface area (Å²) in [5.41, 5.74) is 3.93. The molecule has 3 N–H and O–H groups in total. The molecule has 3 aromatic rings. The predicted molar refractivity (Wildman–Crippen MR) is 94.5 cm³/mol. The van der Waals surface area contributed by atoms with Crippen LogP contribution in [0.15, 0.2) is 36.5 Å². The molecule has 7 heteroatoms. The van der Waals surface area contributed by atoms with Gasteiger partial charge in [-0.2, -0.15) is 10.2 Å². The van der Waals surface area contributed by atoms with Crippen LogP contribution >= 0.6 is 0 Å². The van der Waals surface area contributed by atoms with Crippen molar-refractivity contribution in [2.24, 2.45) is 0 Å². The summed E-state index contributed by atoms with van der Waals surface area (Å²) in [6.45, 7) is 3.90. The number of methoxy groups -OCH3 is 1. The topological polar surface area (TPSA) is 95.7 Å². The van der Waals surface area contributed by atoms with E-state index in [1.165, 1.54) is 6.20 Å². The van der Waals surface area contributed by atoms with E-state index in [0.717, 1.165) is 22.7 Å². The van der Waals surface area contributed by atoms with Crippen molar-refractivity contribution in [3.05, 3.63) is 53.5 Å². The molecule has 25 heavy (non-hydrogen) atoms. The maximum Gasteiger partial charge on any atom is 0.255 e. The average molecular weight is 339 g/mol. The van der Waals surface area contributed by atoms with E-state index in [4.69, 9.17) is 4.74 Å². The lowest BCUT2D eigenvalue weighted by atomic mass is 10.1. The predicted octanol–water partition coefficient (Wildman–Crippen LogP) is 2.48. The van der Waals surface area contributed by atoms with E-state index in [2.05, 4.69) is 25.7 Å². The van der Waals surface area contributed by atoms with E-state index in [0.29, 0.717) is 17.7 Å². The number of benzene rings is 1. The maximum absolute atomic E-state index is 12.6. The molecule has 2 heterocycles. The molecule has 0 saturated heterocycles. The highest BCUT2D eigenvalue weighted by Crippen LogP contribution is 2.25. The number of ether oxygens (including phenoxy) is 1. The van der Waals surface area contributed by atoms with Crippen molar-refractivity contribution >= 4 is 5.91 Å². The lowest BCUT2D eigenvalue weighted by Gasteiger charge is -2.13. The van der Waals surface area contributed by atoms with Gasteiger partial charge < -0.3 is 10.1 Å². The van der Waals surface area contributed by atoms with Crippen LogP contribution in [-0.2, 0) is 6.42 Å². The summed E-state index contributed by atoms with van der Waals surface area (Å²) in [5.74, 6) is 0.548. The second-order valence-corrected chi connectivity index (χ2v) is 6.01. The van der Waals surface area contributed by atoms with Crippen molar-refractivity contribution in [3.8, 4) is 17.0 Å². The van der Waals surface area contributed by atoms with E-state index >= 15 is 0 Å². The summed E-state index contributed by atoms with van der Waals surface area (Å²) in [4.78, 5) is 12.6. The summed E-state index contributed by atoms with van der Waals surface area (Å²) in [6, 6.07) is 9.42. The Morgan fingerprint density at radius 2 is 2.16 bits per heavy atom. The summed E-state index contributed by atoms with van der Waals surface area (Å²) in [7, 11) is 1.61. The van der Waals surface area contributed by atoms with Crippen LogP contribution in [-0.4, -0.2) is 39.5 Å². The smallest absolute Gasteiger partial charge is 0.255 e. The Morgan fingerprint density at radius 3 is 2.88 bits per heavy atom. The van der Waals surface area contributed by atoms with Gasteiger partial charge in [0.15, 0.2) is 0 Å². The summed E-state index contributed by atoms with van der Waals surface area (Å²) >= 11 is 0. The fraction of sp³-hybridized carbons (Fsp3) is 0.278. The van der Waals surface area contributed by atoms with Crippen molar-refractivity contribution in [3.63, 3.8) is 0 Å². The van der Waals surface area contributed by atoms with Gasteiger partial charge in [-0.05, 0) is 32.0 Å². The maximum atomic E-state index is 12.6. The number of nitrogens with zero attached hydrogens (tertiary/aromatic N) is 2. The zero-order chi connectivity index (χ0) is 17.8. The number of aromatic amines is 2. The Labute approximate surface area is 145 Å². The van der Waals surface area contributed by atoms with Gasteiger partial charge in [-0.15, -0.1) is 0 Å². The lowest BCUT2D eigenvalue weighted by molar-refractivity contribution is 0.0940. The van der Waals surface area contributed by atoms with Gasteiger partial charge in [0, 0.05) is 23.7 Å². The Hall–Kier alpha value is -3.09. The van der Waals surface area contributed by atoms with Crippen LogP contribution in [0, 0.1) is 6.92 Å². The van der Waals surface area contributed by atoms with E-state index in [1.54, 1.807) is 7.11 Å². The van der Waals surface area contributed by atoms with E-state index in [9.17, 15) is 4.79 Å². The first-order chi connectivity index (χ1) is 12.1. The fourth-order valence-corrected chi connectivity index (χ4v) is 2.70. The zero-order valence-corrected chi connectivity index (χ0v) is 14.5. The average Bonchev–Trinajstić information content (AvgIpc) is 3.24. The van der Waals surface area contributed by atoms with Crippen LogP contribution in [0.25, 0.3) is 11.3 Å². The van der Waals surface area contributed by atoms with Gasteiger partial charge in [-0.3, -0.25) is 15.0 Å². The minimum absolute atomic E-state index is 0.0525. The van der Waals surface area contributed by atoms with Crippen LogP contribution in [0.5, 0.6) is 5.75 Å². The molecule has 0 unspecified atom stereocenters. The van der Waals surface area contributed by atoms with Gasteiger partial charge >= 0.3 is 0 Å². The molecule has 2 aromatic heterocycles. The lowest BCUT2D eigenvalue weighted by Crippen LogP contribution is -2.34. The fourth-order valence-electron chi connectivity index (χ4n) is 2.70. The molecule has 0 fully saturated rings. The van der Waals surface area contributed by atoms with Gasteiger partial charge in [0.2, 0.25) is 0 Å². The van der Waals surface area contributed by atoms with Crippen molar-refractivity contribution in [2.75, 3.05) is 7.11 Å². The third-order valence-corrected chi connectivity index (χ3v) is 3.89.